The Hall–Kier alpha value is -2.11. The van der Waals surface area contributed by atoms with E-state index >= 15 is 0 Å². The quantitative estimate of drug-likeness (QED) is 0.816. The van der Waals surface area contributed by atoms with Crippen molar-refractivity contribution in [3.63, 3.8) is 0 Å². The first-order valence-corrected chi connectivity index (χ1v) is 9.21. The number of carbonyl (C=O) groups excluding carboxylic acids is 2. The number of hydrogen-bond donors (Lipinski definition) is 0. The molecule has 1 aromatic rings. The van der Waals surface area contributed by atoms with E-state index in [0.717, 1.165) is 12.8 Å². The van der Waals surface area contributed by atoms with Crippen molar-refractivity contribution in [2.24, 2.45) is 5.92 Å². The largest absolute Gasteiger partial charge is 0.444 e. The Bertz CT molecular complexity index is 642. The molecule has 0 bridgehead atoms. The van der Waals surface area contributed by atoms with Gasteiger partial charge in [0.2, 0.25) is 5.91 Å². The van der Waals surface area contributed by atoms with Gasteiger partial charge in [-0.1, -0.05) is 18.2 Å². The van der Waals surface area contributed by atoms with Crippen LogP contribution in [-0.4, -0.2) is 47.0 Å². The minimum atomic E-state index is -0.561. The first kappa shape index (κ1) is 20.2. The van der Waals surface area contributed by atoms with E-state index in [0.29, 0.717) is 25.2 Å². The van der Waals surface area contributed by atoms with Crippen molar-refractivity contribution >= 4 is 12.0 Å². The molecule has 5 nitrogen and oxygen atoms in total. The average molecular weight is 364 g/mol. The molecule has 2 rings (SSSR count). The molecule has 144 valence electrons. The van der Waals surface area contributed by atoms with Crippen molar-refractivity contribution < 1.29 is 18.7 Å². The molecule has 0 aliphatic carbocycles. The van der Waals surface area contributed by atoms with Gasteiger partial charge in [-0.25, -0.2) is 9.18 Å². The molecule has 0 spiro atoms. The molecule has 0 aromatic heterocycles. The zero-order valence-electron chi connectivity index (χ0n) is 16.1. The van der Waals surface area contributed by atoms with E-state index < -0.39 is 5.60 Å². The van der Waals surface area contributed by atoms with Gasteiger partial charge >= 0.3 is 6.09 Å². The Morgan fingerprint density at radius 2 is 2.00 bits per heavy atom. The van der Waals surface area contributed by atoms with Crippen molar-refractivity contribution in [2.75, 3.05) is 19.6 Å². The Balaban J connectivity index is 2.02. The van der Waals surface area contributed by atoms with Crippen LogP contribution < -0.4 is 0 Å². The fourth-order valence-corrected chi connectivity index (χ4v) is 3.11. The van der Waals surface area contributed by atoms with E-state index in [-0.39, 0.29) is 30.3 Å². The first-order chi connectivity index (χ1) is 12.2. The van der Waals surface area contributed by atoms with Crippen LogP contribution in [0.4, 0.5) is 9.18 Å². The molecule has 0 N–H and O–H groups in total. The van der Waals surface area contributed by atoms with E-state index in [2.05, 4.69) is 0 Å². The predicted octanol–water partition coefficient (Wildman–Crippen LogP) is 3.82. The summed E-state index contributed by atoms with van der Waals surface area (Å²) in [7, 11) is 0. The fourth-order valence-electron chi connectivity index (χ4n) is 3.11. The van der Waals surface area contributed by atoms with E-state index in [9.17, 15) is 14.0 Å². The van der Waals surface area contributed by atoms with E-state index in [4.69, 9.17) is 4.74 Å². The van der Waals surface area contributed by atoms with Gasteiger partial charge < -0.3 is 14.5 Å². The van der Waals surface area contributed by atoms with Crippen LogP contribution in [0.5, 0.6) is 0 Å². The molecule has 1 saturated heterocycles. The number of likely N-dealkylation sites (tertiary alicyclic amines) is 1. The molecule has 0 unspecified atom stereocenters. The Morgan fingerprint density at radius 1 is 1.31 bits per heavy atom. The van der Waals surface area contributed by atoms with E-state index in [1.807, 2.05) is 27.7 Å². The Labute approximate surface area is 155 Å². The number of nitrogens with zero attached hydrogens (tertiary/aromatic N) is 2. The third-order valence-corrected chi connectivity index (χ3v) is 4.43. The van der Waals surface area contributed by atoms with Gasteiger partial charge in [0.05, 0.1) is 5.92 Å². The minimum Gasteiger partial charge on any atom is -0.444 e. The average Bonchev–Trinajstić information content (AvgIpc) is 2.59. The lowest BCUT2D eigenvalue weighted by Gasteiger charge is -2.35. The van der Waals surface area contributed by atoms with Crippen LogP contribution in [0.3, 0.4) is 0 Å². The van der Waals surface area contributed by atoms with Crippen molar-refractivity contribution in [1.82, 2.24) is 9.80 Å². The number of amides is 2. The lowest BCUT2D eigenvalue weighted by atomic mass is 9.96. The zero-order chi connectivity index (χ0) is 19.3. The Morgan fingerprint density at radius 3 is 2.62 bits per heavy atom. The van der Waals surface area contributed by atoms with E-state index in [1.54, 1.807) is 28.0 Å². The van der Waals surface area contributed by atoms with Gasteiger partial charge in [0.25, 0.3) is 0 Å². The monoisotopic (exact) mass is 364 g/mol. The molecular formula is C20H29FN2O3. The molecule has 1 atom stereocenters. The summed E-state index contributed by atoms with van der Waals surface area (Å²) in [4.78, 5) is 28.5. The lowest BCUT2D eigenvalue weighted by molar-refractivity contribution is -0.137. The first-order valence-electron chi connectivity index (χ1n) is 9.21. The zero-order valence-corrected chi connectivity index (χ0v) is 16.1. The van der Waals surface area contributed by atoms with Gasteiger partial charge in [0.15, 0.2) is 0 Å². The maximum atomic E-state index is 13.9. The van der Waals surface area contributed by atoms with Crippen LogP contribution in [-0.2, 0) is 16.1 Å². The van der Waals surface area contributed by atoms with Gasteiger partial charge in [-0.15, -0.1) is 0 Å². The van der Waals surface area contributed by atoms with E-state index in [1.165, 1.54) is 6.07 Å². The third-order valence-electron chi connectivity index (χ3n) is 4.43. The predicted molar refractivity (Wildman–Crippen MR) is 98.0 cm³/mol. The van der Waals surface area contributed by atoms with Crippen LogP contribution in [0.1, 0.15) is 46.1 Å². The molecular weight excluding hydrogens is 335 g/mol. The summed E-state index contributed by atoms with van der Waals surface area (Å²) in [5.41, 5.74) is -0.0589. The summed E-state index contributed by atoms with van der Waals surface area (Å²) in [6.45, 7) is 9.04. The number of ether oxygens (including phenoxy) is 1. The summed E-state index contributed by atoms with van der Waals surface area (Å²) in [5.74, 6) is -0.621. The molecule has 1 heterocycles. The molecule has 1 aliphatic rings. The van der Waals surface area contributed by atoms with Crippen molar-refractivity contribution in [1.29, 1.82) is 0 Å². The highest BCUT2D eigenvalue weighted by molar-refractivity contribution is 5.80. The molecule has 1 aromatic carbocycles. The Kier molecular flexibility index (Phi) is 6.62. The van der Waals surface area contributed by atoms with Crippen molar-refractivity contribution in [3.05, 3.63) is 35.6 Å². The third kappa shape index (κ3) is 5.44. The molecule has 1 fully saturated rings. The molecule has 6 heteroatoms. The summed E-state index contributed by atoms with van der Waals surface area (Å²) >= 11 is 0. The number of piperidine rings is 1. The van der Waals surface area contributed by atoms with Crippen LogP contribution in [0.15, 0.2) is 24.3 Å². The summed E-state index contributed by atoms with van der Waals surface area (Å²) in [6.07, 6.45) is 1.10. The number of hydrogen-bond acceptors (Lipinski definition) is 3. The van der Waals surface area contributed by atoms with Crippen LogP contribution >= 0.6 is 0 Å². The second-order valence-electron chi connectivity index (χ2n) is 7.71. The molecule has 1 aliphatic heterocycles. The minimum absolute atomic E-state index is 0.0380. The fraction of sp³-hybridized carbons (Fsp3) is 0.600. The number of halogens is 1. The highest BCUT2D eigenvalue weighted by atomic mass is 19.1. The molecule has 26 heavy (non-hydrogen) atoms. The maximum Gasteiger partial charge on any atom is 0.410 e. The summed E-state index contributed by atoms with van der Waals surface area (Å²) in [5, 5.41) is 0. The van der Waals surface area contributed by atoms with Crippen LogP contribution in [0.2, 0.25) is 0 Å². The van der Waals surface area contributed by atoms with Crippen LogP contribution in [0, 0.1) is 11.7 Å². The summed E-state index contributed by atoms with van der Waals surface area (Å²) < 4.78 is 19.3. The highest BCUT2D eigenvalue weighted by Crippen LogP contribution is 2.22. The number of carbonyl (C=O) groups is 2. The van der Waals surface area contributed by atoms with Crippen molar-refractivity contribution in [2.45, 2.75) is 52.7 Å². The second-order valence-corrected chi connectivity index (χ2v) is 7.71. The van der Waals surface area contributed by atoms with Gasteiger partial charge in [-0.05, 0) is 46.6 Å². The van der Waals surface area contributed by atoms with Crippen LogP contribution in [0.25, 0.3) is 0 Å². The molecule has 0 radical (unpaired) electrons. The highest BCUT2D eigenvalue weighted by Gasteiger charge is 2.33. The van der Waals surface area contributed by atoms with Crippen molar-refractivity contribution in [3.8, 4) is 0 Å². The standard InChI is InChI=1S/C20H29FN2O3/c1-5-22(13-15-9-6-7-11-17(15)21)18(24)16-10-8-12-23(14-16)19(25)26-20(2,3)4/h6-7,9,11,16H,5,8,10,12-14H2,1-4H3/t16-/m1/s1. The molecule has 2 amide bonds. The maximum absolute atomic E-state index is 13.9. The second kappa shape index (κ2) is 8.52. The smallest absolute Gasteiger partial charge is 0.410 e. The van der Waals surface area contributed by atoms with Gasteiger partial charge in [0, 0.05) is 31.7 Å². The van der Waals surface area contributed by atoms with Gasteiger partial charge in [0.1, 0.15) is 11.4 Å². The SMILES string of the molecule is CCN(Cc1ccccc1F)C(=O)[C@@H]1CCCN(C(=O)OC(C)(C)C)C1. The number of rotatable bonds is 4. The normalized spacial score (nSPS) is 17.7. The summed E-state index contributed by atoms with van der Waals surface area (Å²) in [6, 6.07) is 6.50. The topological polar surface area (TPSA) is 49.9 Å². The molecule has 0 saturated carbocycles. The van der Waals surface area contributed by atoms with Gasteiger partial charge in [-0.3, -0.25) is 4.79 Å². The van der Waals surface area contributed by atoms with Gasteiger partial charge in [-0.2, -0.15) is 0 Å². The number of benzene rings is 1. The lowest BCUT2D eigenvalue weighted by Crippen LogP contribution is -2.47.